The first-order chi connectivity index (χ1) is 4.54. The summed E-state index contributed by atoms with van der Waals surface area (Å²) in [5, 5.41) is 2.73. The molecule has 0 aliphatic heterocycles. The first-order valence-electron chi connectivity index (χ1n) is 3.40. The van der Waals surface area contributed by atoms with Crippen LogP contribution in [0.2, 0.25) is 0 Å². The van der Waals surface area contributed by atoms with Crippen LogP contribution in [0.4, 0.5) is 0 Å². The molecule has 62 valence electrons. The predicted molar refractivity (Wildman–Crippen MR) is 43.8 cm³/mol. The molecule has 0 bridgehead atoms. The van der Waals surface area contributed by atoms with Crippen molar-refractivity contribution in [1.82, 2.24) is 9.76 Å². The molecule has 1 atom stereocenters. The Labute approximate surface area is 62.3 Å². The third-order valence-corrected chi connectivity index (χ3v) is 3.42. The molecule has 0 rings (SSSR count). The van der Waals surface area contributed by atoms with E-state index in [2.05, 4.69) is 5.09 Å². The molecule has 10 heavy (non-hydrogen) atoms. The van der Waals surface area contributed by atoms with E-state index in [4.69, 9.17) is 5.50 Å². The van der Waals surface area contributed by atoms with Crippen LogP contribution in [-0.2, 0) is 4.57 Å². The Morgan fingerprint density at radius 3 is 2.40 bits per heavy atom. The van der Waals surface area contributed by atoms with Crippen molar-refractivity contribution in [3.63, 3.8) is 0 Å². The van der Waals surface area contributed by atoms with Gasteiger partial charge >= 0.3 is 0 Å². The van der Waals surface area contributed by atoms with Gasteiger partial charge in [0.1, 0.15) is 0 Å². The number of rotatable bonds is 4. The van der Waals surface area contributed by atoms with Gasteiger partial charge in [-0.25, -0.2) is 9.76 Å². The molecule has 0 heterocycles. The second kappa shape index (κ2) is 4.09. The van der Waals surface area contributed by atoms with E-state index in [1.54, 1.807) is 11.7 Å². The molecule has 0 spiro atoms. The van der Waals surface area contributed by atoms with Crippen LogP contribution in [0.15, 0.2) is 0 Å². The fourth-order valence-corrected chi connectivity index (χ4v) is 1.67. The molecular formula is C5H16N3OP. The third kappa shape index (κ3) is 2.80. The summed E-state index contributed by atoms with van der Waals surface area (Å²) in [6.07, 6.45) is 0. The van der Waals surface area contributed by atoms with Gasteiger partial charge < -0.3 is 0 Å². The topological polar surface area (TPSA) is 58.4 Å². The van der Waals surface area contributed by atoms with E-state index in [0.717, 1.165) is 0 Å². The lowest BCUT2D eigenvalue weighted by molar-refractivity contribution is 0.472. The van der Waals surface area contributed by atoms with Crippen molar-refractivity contribution < 1.29 is 4.57 Å². The largest absolute Gasteiger partial charge is 0.278 e. The van der Waals surface area contributed by atoms with Crippen molar-refractivity contribution in [3.8, 4) is 0 Å². The third-order valence-electron chi connectivity index (χ3n) is 1.35. The minimum Gasteiger partial charge on any atom is -0.271 e. The Balaban J connectivity index is 3.97. The average molecular weight is 165 g/mol. The van der Waals surface area contributed by atoms with Crippen LogP contribution in [0.1, 0.15) is 13.8 Å². The van der Waals surface area contributed by atoms with Crippen LogP contribution < -0.4 is 10.6 Å². The van der Waals surface area contributed by atoms with Gasteiger partial charge in [-0.05, 0) is 7.05 Å². The summed E-state index contributed by atoms with van der Waals surface area (Å²) in [4.78, 5) is 0. The number of hydrogen-bond acceptors (Lipinski definition) is 1. The summed E-state index contributed by atoms with van der Waals surface area (Å²) < 4.78 is 13.0. The van der Waals surface area contributed by atoms with E-state index in [1.165, 1.54) is 0 Å². The molecule has 0 fully saturated rings. The highest BCUT2D eigenvalue weighted by Gasteiger charge is 2.18. The lowest BCUT2D eigenvalue weighted by atomic mass is 10.8. The summed E-state index contributed by atoms with van der Waals surface area (Å²) in [5.41, 5.74) is 5.45. The Hall–Kier alpha value is 0.110. The van der Waals surface area contributed by atoms with Gasteiger partial charge in [-0.15, -0.1) is 0 Å². The molecule has 0 aromatic carbocycles. The smallest absolute Gasteiger partial charge is 0.271 e. The Kier molecular flexibility index (Phi) is 4.13. The van der Waals surface area contributed by atoms with Crippen LogP contribution in [0.3, 0.4) is 0 Å². The molecule has 3 N–H and O–H groups in total. The summed E-state index contributed by atoms with van der Waals surface area (Å²) in [6, 6.07) is 0. The second-order valence-electron chi connectivity index (χ2n) is 2.11. The highest BCUT2D eigenvalue weighted by atomic mass is 31.2. The maximum atomic E-state index is 11.3. The highest BCUT2D eigenvalue weighted by molar-refractivity contribution is 7.56. The van der Waals surface area contributed by atoms with Crippen molar-refractivity contribution >= 4 is 7.59 Å². The number of nitrogens with one attached hydrogen (secondary N) is 1. The predicted octanol–water partition coefficient (Wildman–Crippen LogP) is 0.614. The summed E-state index contributed by atoms with van der Waals surface area (Å²) in [5.74, 6) is 0. The van der Waals surface area contributed by atoms with Gasteiger partial charge in [0.25, 0.3) is 7.59 Å². The zero-order chi connectivity index (χ0) is 8.20. The Morgan fingerprint density at radius 1 is 1.60 bits per heavy atom. The Morgan fingerprint density at radius 2 is 2.10 bits per heavy atom. The monoisotopic (exact) mass is 165 g/mol. The minimum atomic E-state index is -2.70. The van der Waals surface area contributed by atoms with E-state index in [0.29, 0.717) is 13.1 Å². The molecule has 0 amide bonds. The minimum absolute atomic E-state index is 0.637. The lowest BCUT2D eigenvalue weighted by Crippen LogP contribution is -2.29. The zero-order valence-electron chi connectivity index (χ0n) is 6.79. The number of nitrogens with two attached hydrogens (primary N) is 1. The SMILES string of the molecule is CCNP(N)(=O)N(C)CC. The molecule has 0 aliphatic carbocycles. The van der Waals surface area contributed by atoms with Gasteiger partial charge in [0.15, 0.2) is 0 Å². The molecule has 1 unspecified atom stereocenters. The van der Waals surface area contributed by atoms with Crippen molar-refractivity contribution in [3.05, 3.63) is 0 Å². The lowest BCUT2D eigenvalue weighted by Gasteiger charge is -2.22. The van der Waals surface area contributed by atoms with E-state index >= 15 is 0 Å². The molecule has 0 aliphatic rings. The van der Waals surface area contributed by atoms with Gasteiger partial charge in [0.05, 0.1) is 0 Å². The molecule has 0 radical (unpaired) electrons. The van der Waals surface area contributed by atoms with E-state index in [1.807, 2.05) is 13.8 Å². The van der Waals surface area contributed by atoms with E-state index in [-0.39, 0.29) is 0 Å². The van der Waals surface area contributed by atoms with Gasteiger partial charge in [0, 0.05) is 13.1 Å². The highest BCUT2D eigenvalue weighted by Crippen LogP contribution is 2.33. The van der Waals surface area contributed by atoms with Crippen LogP contribution in [-0.4, -0.2) is 24.8 Å². The molecule has 0 aromatic heterocycles. The Bertz CT molecular complexity index is 139. The quantitative estimate of drug-likeness (QED) is 0.599. The van der Waals surface area contributed by atoms with Gasteiger partial charge in [-0.1, -0.05) is 13.8 Å². The summed E-state index contributed by atoms with van der Waals surface area (Å²) in [7, 11) is -0.961. The van der Waals surface area contributed by atoms with Crippen molar-refractivity contribution in [2.45, 2.75) is 13.8 Å². The standard InChI is InChI=1S/C5H16N3OP/c1-4-7-10(6,9)8(3)5-2/h4-5H2,1-3H3,(H3,6,7,9). The maximum Gasteiger partial charge on any atom is 0.278 e. The molecule has 4 nitrogen and oxygen atoms in total. The molecule has 0 aromatic rings. The van der Waals surface area contributed by atoms with Crippen LogP contribution >= 0.6 is 7.59 Å². The molecule has 0 saturated carbocycles. The fraction of sp³-hybridized carbons (Fsp3) is 1.00. The zero-order valence-corrected chi connectivity index (χ0v) is 7.69. The maximum absolute atomic E-state index is 11.3. The molecule has 0 saturated heterocycles. The van der Waals surface area contributed by atoms with E-state index < -0.39 is 7.59 Å². The van der Waals surface area contributed by atoms with Crippen LogP contribution in [0, 0.1) is 0 Å². The first kappa shape index (κ1) is 10.1. The van der Waals surface area contributed by atoms with Crippen LogP contribution in [0.25, 0.3) is 0 Å². The van der Waals surface area contributed by atoms with Crippen LogP contribution in [0.5, 0.6) is 0 Å². The summed E-state index contributed by atoms with van der Waals surface area (Å²) in [6.45, 7) is 5.12. The summed E-state index contributed by atoms with van der Waals surface area (Å²) >= 11 is 0. The van der Waals surface area contributed by atoms with Gasteiger partial charge in [-0.2, -0.15) is 0 Å². The van der Waals surface area contributed by atoms with Gasteiger partial charge in [0.2, 0.25) is 0 Å². The normalized spacial score (nSPS) is 17.3. The fourth-order valence-electron chi connectivity index (χ4n) is 0.557. The first-order valence-corrected chi connectivity index (χ1v) is 5.12. The molecular weight excluding hydrogens is 149 g/mol. The van der Waals surface area contributed by atoms with Crippen molar-refractivity contribution in [1.29, 1.82) is 0 Å². The second-order valence-corrected chi connectivity index (χ2v) is 4.35. The van der Waals surface area contributed by atoms with Crippen molar-refractivity contribution in [2.75, 3.05) is 20.1 Å². The number of hydrogen-bond donors (Lipinski definition) is 2. The van der Waals surface area contributed by atoms with E-state index in [9.17, 15) is 4.57 Å². The number of nitrogens with zero attached hydrogens (tertiary/aromatic N) is 1. The average Bonchev–Trinajstić information content (AvgIpc) is 1.86. The molecule has 5 heteroatoms. The van der Waals surface area contributed by atoms with Gasteiger partial charge in [-0.3, -0.25) is 10.1 Å². The van der Waals surface area contributed by atoms with Crippen molar-refractivity contribution in [2.24, 2.45) is 5.50 Å².